The van der Waals surface area contributed by atoms with E-state index in [0.29, 0.717) is 21.5 Å². The number of aromatic carboxylic acids is 1. The molecule has 2 rings (SSSR count). The highest BCUT2D eigenvalue weighted by Crippen LogP contribution is 2.30. The van der Waals surface area contributed by atoms with Crippen LogP contribution in [0.5, 0.6) is 5.75 Å². The maximum Gasteiger partial charge on any atom is 0.339 e. The first-order chi connectivity index (χ1) is 10.0. The lowest BCUT2D eigenvalue weighted by Gasteiger charge is -2.08. The minimum atomic E-state index is -1.01. The van der Waals surface area contributed by atoms with E-state index >= 15 is 0 Å². The van der Waals surface area contributed by atoms with Crippen molar-refractivity contribution in [3.63, 3.8) is 0 Å². The molecule has 0 fully saturated rings. The fourth-order valence-electron chi connectivity index (χ4n) is 1.75. The number of carboxylic acid groups (broad SMARTS) is 1. The Balaban J connectivity index is 2.14. The van der Waals surface area contributed by atoms with Crippen LogP contribution in [0.15, 0.2) is 41.3 Å². The first-order valence-electron chi connectivity index (χ1n) is 5.99. The number of rotatable bonds is 5. The molecule has 0 bridgehead atoms. The zero-order chi connectivity index (χ0) is 15.4. The Morgan fingerprint density at radius 1 is 1.19 bits per heavy atom. The molecule has 0 amide bonds. The lowest BCUT2D eigenvalue weighted by atomic mass is 10.1. The molecular weight excluding hydrogens is 331 g/mol. The predicted octanol–water partition coefficient (Wildman–Crippen LogP) is 4.99. The molecule has 1 N–H and O–H groups in total. The van der Waals surface area contributed by atoms with Gasteiger partial charge in [-0.2, -0.15) is 0 Å². The Kier molecular flexibility index (Phi) is 5.39. The largest absolute Gasteiger partial charge is 0.496 e. The van der Waals surface area contributed by atoms with Gasteiger partial charge in [-0.25, -0.2) is 4.79 Å². The number of halogens is 2. The van der Waals surface area contributed by atoms with Crippen LogP contribution < -0.4 is 4.74 Å². The van der Waals surface area contributed by atoms with Crippen LogP contribution in [0.2, 0.25) is 10.0 Å². The van der Waals surface area contributed by atoms with Crippen LogP contribution in [0.1, 0.15) is 15.9 Å². The summed E-state index contributed by atoms with van der Waals surface area (Å²) in [6, 6.07) is 10.5. The maximum atomic E-state index is 11.2. The summed E-state index contributed by atoms with van der Waals surface area (Å²) in [5.74, 6) is -0.0265. The van der Waals surface area contributed by atoms with E-state index in [4.69, 9.17) is 33.0 Å². The Hall–Kier alpha value is -1.36. The van der Waals surface area contributed by atoms with Crippen molar-refractivity contribution in [2.75, 3.05) is 7.11 Å². The Labute approximate surface area is 136 Å². The average Bonchev–Trinajstić information content (AvgIpc) is 2.48. The highest BCUT2D eigenvalue weighted by atomic mass is 35.5. The van der Waals surface area contributed by atoms with Crippen molar-refractivity contribution >= 4 is 40.9 Å². The zero-order valence-corrected chi connectivity index (χ0v) is 13.4. The molecule has 0 saturated carbocycles. The van der Waals surface area contributed by atoms with Crippen LogP contribution in [0.4, 0.5) is 0 Å². The van der Waals surface area contributed by atoms with Gasteiger partial charge in [0.25, 0.3) is 0 Å². The van der Waals surface area contributed by atoms with E-state index in [1.165, 1.54) is 7.11 Å². The third kappa shape index (κ3) is 4.06. The van der Waals surface area contributed by atoms with Crippen molar-refractivity contribution in [3.8, 4) is 5.75 Å². The molecule has 0 aliphatic rings. The number of hydrogen-bond donors (Lipinski definition) is 1. The first kappa shape index (κ1) is 16.0. The second-order valence-corrected chi connectivity index (χ2v) is 6.07. The second-order valence-electron chi connectivity index (χ2n) is 4.20. The van der Waals surface area contributed by atoms with Crippen molar-refractivity contribution in [2.24, 2.45) is 0 Å². The van der Waals surface area contributed by atoms with Gasteiger partial charge in [-0.1, -0.05) is 29.3 Å². The third-order valence-corrected chi connectivity index (χ3v) is 4.59. The van der Waals surface area contributed by atoms with Crippen LogP contribution >= 0.6 is 35.0 Å². The third-order valence-electron chi connectivity index (χ3n) is 2.79. The van der Waals surface area contributed by atoms with Crippen LogP contribution in [0.3, 0.4) is 0 Å². The van der Waals surface area contributed by atoms with Crippen molar-refractivity contribution in [2.45, 2.75) is 10.6 Å². The smallest absolute Gasteiger partial charge is 0.339 e. The summed E-state index contributed by atoms with van der Waals surface area (Å²) in [7, 11) is 1.45. The van der Waals surface area contributed by atoms with Gasteiger partial charge in [-0.05, 0) is 35.9 Å². The summed E-state index contributed by atoms with van der Waals surface area (Å²) in [4.78, 5) is 12.1. The van der Waals surface area contributed by atoms with Gasteiger partial charge < -0.3 is 9.84 Å². The molecule has 0 saturated heterocycles. The monoisotopic (exact) mass is 342 g/mol. The van der Waals surface area contributed by atoms with Crippen molar-refractivity contribution < 1.29 is 14.6 Å². The van der Waals surface area contributed by atoms with Gasteiger partial charge >= 0.3 is 5.97 Å². The van der Waals surface area contributed by atoms with Gasteiger partial charge in [0.2, 0.25) is 0 Å². The second kappa shape index (κ2) is 7.07. The number of carboxylic acids is 1. The molecule has 110 valence electrons. The van der Waals surface area contributed by atoms with Crippen molar-refractivity contribution in [3.05, 3.63) is 57.6 Å². The molecular formula is C15H12Cl2O3S. The fraction of sp³-hybridized carbons (Fsp3) is 0.133. The van der Waals surface area contributed by atoms with Crippen LogP contribution in [0.25, 0.3) is 0 Å². The molecule has 6 heteroatoms. The van der Waals surface area contributed by atoms with E-state index in [1.807, 2.05) is 12.1 Å². The van der Waals surface area contributed by atoms with E-state index in [9.17, 15) is 4.79 Å². The van der Waals surface area contributed by atoms with Gasteiger partial charge in [-0.3, -0.25) is 0 Å². The SMILES string of the molecule is COc1ccc(CSc2ccc(Cl)c(Cl)c2)cc1C(=O)O. The van der Waals surface area contributed by atoms with Gasteiger partial charge in [0.15, 0.2) is 0 Å². The molecule has 21 heavy (non-hydrogen) atoms. The van der Waals surface area contributed by atoms with Crippen molar-refractivity contribution in [1.29, 1.82) is 0 Å². The molecule has 0 atom stereocenters. The summed E-state index contributed by atoms with van der Waals surface area (Å²) in [5.41, 5.74) is 1.05. The fourth-order valence-corrected chi connectivity index (χ4v) is 2.99. The summed E-state index contributed by atoms with van der Waals surface area (Å²) in [6.07, 6.45) is 0. The molecule has 0 unspecified atom stereocenters. The zero-order valence-electron chi connectivity index (χ0n) is 11.1. The van der Waals surface area contributed by atoms with Crippen LogP contribution in [-0.2, 0) is 5.75 Å². The number of ether oxygens (including phenoxy) is 1. The summed E-state index contributed by atoms with van der Waals surface area (Å²) < 4.78 is 5.03. The Morgan fingerprint density at radius 3 is 2.57 bits per heavy atom. The minimum Gasteiger partial charge on any atom is -0.496 e. The quantitative estimate of drug-likeness (QED) is 0.777. The molecule has 2 aromatic carbocycles. The minimum absolute atomic E-state index is 0.157. The number of hydrogen-bond acceptors (Lipinski definition) is 3. The van der Waals surface area contributed by atoms with E-state index in [-0.39, 0.29) is 5.56 Å². The predicted molar refractivity (Wildman–Crippen MR) is 86.0 cm³/mol. The van der Waals surface area contributed by atoms with E-state index < -0.39 is 5.97 Å². The van der Waals surface area contributed by atoms with Crippen molar-refractivity contribution in [1.82, 2.24) is 0 Å². The molecule has 0 aliphatic carbocycles. The van der Waals surface area contributed by atoms with Gasteiger partial charge in [0, 0.05) is 10.6 Å². The topological polar surface area (TPSA) is 46.5 Å². The highest BCUT2D eigenvalue weighted by Gasteiger charge is 2.11. The van der Waals surface area contributed by atoms with Gasteiger partial charge in [0.1, 0.15) is 11.3 Å². The van der Waals surface area contributed by atoms with E-state index in [2.05, 4.69) is 0 Å². The standard InChI is InChI=1S/C15H12Cl2O3S/c1-20-14-5-2-9(6-11(14)15(18)19)8-21-10-3-4-12(16)13(17)7-10/h2-7H,8H2,1H3,(H,18,19). The number of thioether (sulfide) groups is 1. The molecule has 0 spiro atoms. The number of methoxy groups -OCH3 is 1. The number of benzene rings is 2. The summed E-state index contributed by atoms with van der Waals surface area (Å²) in [6.45, 7) is 0. The Bertz CT molecular complexity index is 674. The molecule has 2 aromatic rings. The lowest BCUT2D eigenvalue weighted by Crippen LogP contribution is -2.01. The average molecular weight is 343 g/mol. The molecule has 0 radical (unpaired) electrons. The molecule has 3 nitrogen and oxygen atoms in total. The maximum absolute atomic E-state index is 11.2. The normalized spacial score (nSPS) is 10.4. The van der Waals surface area contributed by atoms with E-state index in [1.54, 1.807) is 36.0 Å². The summed E-state index contributed by atoms with van der Waals surface area (Å²) >= 11 is 13.4. The highest BCUT2D eigenvalue weighted by molar-refractivity contribution is 7.98. The van der Waals surface area contributed by atoms with Crippen LogP contribution in [-0.4, -0.2) is 18.2 Å². The van der Waals surface area contributed by atoms with Crippen LogP contribution in [0, 0.1) is 0 Å². The van der Waals surface area contributed by atoms with Gasteiger partial charge in [-0.15, -0.1) is 11.8 Å². The van der Waals surface area contributed by atoms with Gasteiger partial charge in [0.05, 0.1) is 17.2 Å². The molecule has 0 aliphatic heterocycles. The Morgan fingerprint density at radius 2 is 1.95 bits per heavy atom. The molecule has 0 aromatic heterocycles. The first-order valence-corrected chi connectivity index (χ1v) is 7.73. The molecule has 0 heterocycles. The van der Waals surface area contributed by atoms with E-state index in [0.717, 1.165) is 10.5 Å². The summed E-state index contributed by atoms with van der Waals surface area (Å²) in [5, 5.41) is 10.2. The number of carbonyl (C=O) groups is 1. The lowest BCUT2D eigenvalue weighted by molar-refractivity contribution is 0.0693.